The summed E-state index contributed by atoms with van der Waals surface area (Å²) in [7, 11) is -0.778. The molecule has 1 aromatic heterocycles. The fourth-order valence-corrected chi connectivity index (χ4v) is 6.44. The van der Waals surface area contributed by atoms with Crippen molar-refractivity contribution in [3.63, 3.8) is 0 Å². The molecule has 0 spiro atoms. The smallest absolute Gasteiger partial charge is 0.342 e. The first kappa shape index (κ1) is 26.3. The highest BCUT2D eigenvalue weighted by Gasteiger charge is 2.34. The molecule has 0 bridgehead atoms. The molecule has 10 nitrogen and oxygen atoms in total. The zero-order chi connectivity index (χ0) is 27.0. The second-order valence-electron chi connectivity index (χ2n) is 9.58. The summed E-state index contributed by atoms with van der Waals surface area (Å²) >= 11 is 0. The Morgan fingerprint density at radius 1 is 1.13 bits per heavy atom. The molecule has 0 amide bonds. The van der Waals surface area contributed by atoms with Gasteiger partial charge in [-0.15, -0.1) is 0 Å². The van der Waals surface area contributed by atoms with E-state index in [-0.39, 0.29) is 19.2 Å². The van der Waals surface area contributed by atoms with Crippen LogP contribution in [0.2, 0.25) is 0 Å². The van der Waals surface area contributed by atoms with Gasteiger partial charge in [0.1, 0.15) is 12.4 Å². The lowest BCUT2D eigenvalue weighted by atomic mass is 9.95. The SMILES string of the molecule is COCP(=O)(N[C@@H](C)C(=O)OC(C)C)Oc1c(OC)ccc2cc3[n+](cc12)CCc1cc2c(cc1-3)OCO2. The summed E-state index contributed by atoms with van der Waals surface area (Å²) in [6, 6.07) is 8.95. The van der Waals surface area contributed by atoms with E-state index >= 15 is 0 Å². The first-order valence-corrected chi connectivity index (χ1v) is 14.3. The minimum atomic E-state index is -3.72. The Balaban J connectivity index is 1.55. The fraction of sp³-hybridized carbons (Fsp3) is 0.407. The third kappa shape index (κ3) is 5.04. The molecule has 2 atom stereocenters. The van der Waals surface area contributed by atoms with Gasteiger partial charge in [-0.2, -0.15) is 4.57 Å². The van der Waals surface area contributed by atoms with E-state index in [9.17, 15) is 9.36 Å². The monoisotopic (exact) mass is 543 g/mol. The number of aromatic nitrogens is 1. The number of esters is 1. The number of carbonyl (C=O) groups is 1. The molecular formula is C27H32N2O8P+. The Hall–Kier alpha value is -3.33. The standard InChI is InChI=1S/C27H32N2O8P/c1-16(2)36-27(30)17(3)28-38(31,15-32-4)37-26-21-13-29-9-8-19-11-24-25(35-14-34-24)12-20(19)22(29)10-18(21)6-7-23(26)33-5/h6-7,10-13,16-17H,8-9,14-15H2,1-5H3,(H,28,31)/q+1/t17-,38?/m0/s1. The molecular weight excluding hydrogens is 511 g/mol. The maximum absolute atomic E-state index is 13.9. The van der Waals surface area contributed by atoms with Gasteiger partial charge in [-0.3, -0.25) is 9.36 Å². The number of ether oxygens (including phenoxy) is 5. The average Bonchev–Trinajstić information content (AvgIpc) is 3.33. The van der Waals surface area contributed by atoms with Crippen molar-refractivity contribution in [3.05, 3.63) is 42.1 Å². The first-order valence-electron chi connectivity index (χ1n) is 12.4. The summed E-state index contributed by atoms with van der Waals surface area (Å²) in [6.45, 7) is 6.04. The highest BCUT2D eigenvalue weighted by Crippen LogP contribution is 2.49. The molecule has 0 radical (unpaired) electrons. The maximum Gasteiger partial charge on any atom is 0.342 e. The molecule has 5 rings (SSSR count). The second-order valence-corrected chi connectivity index (χ2v) is 11.6. The van der Waals surface area contributed by atoms with Crippen molar-refractivity contribution in [2.45, 2.75) is 45.9 Å². The molecule has 11 heteroatoms. The van der Waals surface area contributed by atoms with Crippen LogP contribution in [0.3, 0.4) is 0 Å². The van der Waals surface area contributed by atoms with E-state index < -0.39 is 19.5 Å². The lowest BCUT2D eigenvalue weighted by Crippen LogP contribution is -2.40. The number of rotatable bonds is 9. The number of fused-ring (bicyclic) bond motifs is 5. The molecule has 0 aliphatic carbocycles. The molecule has 3 heterocycles. The van der Waals surface area contributed by atoms with Gasteiger partial charge in [0.2, 0.25) is 12.5 Å². The highest BCUT2D eigenvalue weighted by atomic mass is 31.2. The Kier molecular flexibility index (Phi) is 7.22. The predicted molar refractivity (Wildman–Crippen MR) is 140 cm³/mol. The van der Waals surface area contributed by atoms with Crippen molar-refractivity contribution < 1.29 is 42.1 Å². The van der Waals surface area contributed by atoms with E-state index in [0.717, 1.165) is 41.1 Å². The molecule has 38 heavy (non-hydrogen) atoms. The van der Waals surface area contributed by atoms with Gasteiger partial charge < -0.3 is 28.2 Å². The number of benzene rings is 2. The molecule has 1 unspecified atom stereocenters. The van der Waals surface area contributed by atoms with Gasteiger partial charge in [-0.1, -0.05) is 0 Å². The minimum absolute atomic E-state index is 0.222. The van der Waals surface area contributed by atoms with Gasteiger partial charge in [-0.05, 0) is 56.0 Å². The molecule has 0 saturated carbocycles. The van der Waals surface area contributed by atoms with Crippen molar-refractivity contribution in [1.82, 2.24) is 5.09 Å². The third-order valence-corrected chi connectivity index (χ3v) is 8.29. The molecule has 3 aromatic rings. The van der Waals surface area contributed by atoms with Crippen LogP contribution >= 0.6 is 7.52 Å². The van der Waals surface area contributed by atoms with Crippen molar-refractivity contribution in [2.75, 3.05) is 27.4 Å². The highest BCUT2D eigenvalue weighted by molar-refractivity contribution is 7.57. The van der Waals surface area contributed by atoms with Crippen LogP contribution in [0.15, 0.2) is 36.5 Å². The normalized spacial score (nSPS) is 15.9. The third-order valence-electron chi connectivity index (χ3n) is 6.43. The number of hydrogen-bond donors (Lipinski definition) is 1. The van der Waals surface area contributed by atoms with Crippen LogP contribution in [0.1, 0.15) is 26.3 Å². The number of carbonyl (C=O) groups excluding carboxylic acids is 1. The Morgan fingerprint density at radius 2 is 1.89 bits per heavy atom. The Labute approximate surface area is 221 Å². The van der Waals surface area contributed by atoms with E-state index in [2.05, 4.69) is 15.7 Å². The van der Waals surface area contributed by atoms with Crippen LogP contribution in [-0.4, -0.2) is 45.5 Å². The van der Waals surface area contributed by atoms with Crippen LogP contribution in [0.4, 0.5) is 0 Å². The molecule has 202 valence electrons. The summed E-state index contributed by atoms with van der Waals surface area (Å²) in [4.78, 5) is 12.4. The summed E-state index contributed by atoms with van der Waals surface area (Å²) in [6.07, 6.45) is 2.23. The van der Waals surface area contributed by atoms with Gasteiger partial charge in [0.15, 0.2) is 35.7 Å². The zero-order valence-corrected chi connectivity index (χ0v) is 23.0. The van der Waals surface area contributed by atoms with Gasteiger partial charge in [0, 0.05) is 19.6 Å². The number of aryl methyl sites for hydroxylation is 2. The lowest BCUT2D eigenvalue weighted by molar-refractivity contribution is -0.686. The van der Waals surface area contributed by atoms with Crippen LogP contribution < -0.4 is 28.4 Å². The van der Waals surface area contributed by atoms with Gasteiger partial charge in [0.25, 0.3) is 0 Å². The minimum Gasteiger partial charge on any atom is -0.493 e. The van der Waals surface area contributed by atoms with Crippen LogP contribution in [0, 0.1) is 0 Å². The van der Waals surface area contributed by atoms with Crippen molar-refractivity contribution in [3.8, 4) is 34.3 Å². The van der Waals surface area contributed by atoms with E-state index in [1.54, 1.807) is 26.8 Å². The van der Waals surface area contributed by atoms with Crippen molar-refractivity contribution in [2.24, 2.45) is 0 Å². The zero-order valence-electron chi connectivity index (χ0n) is 22.1. The molecule has 0 saturated heterocycles. The number of methoxy groups -OCH3 is 2. The van der Waals surface area contributed by atoms with Crippen molar-refractivity contribution in [1.29, 1.82) is 0 Å². The van der Waals surface area contributed by atoms with E-state index in [0.29, 0.717) is 16.9 Å². The number of nitrogens with zero attached hydrogens (tertiary/aromatic N) is 1. The molecule has 2 aliphatic heterocycles. The lowest BCUT2D eigenvalue weighted by Gasteiger charge is -2.25. The van der Waals surface area contributed by atoms with Crippen LogP contribution in [0.5, 0.6) is 23.0 Å². The van der Waals surface area contributed by atoms with E-state index in [1.165, 1.54) is 19.8 Å². The van der Waals surface area contributed by atoms with Gasteiger partial charge in [0.05, 0.1) is 24.2 Å². The van der Waals surface area contributed by atoms with E-state index in [4.69, 9.17) is 28.2 Å². The molecule has 1 N–H and O–H groups in total. The quantitative estimate of drug-likeness (QED) is 0.242. The average molecular weight is 544 g/mol. The van der Waals surface area contributed by atoms with Crippen LogP contribution in [0.25, 0.3) is 22.0 Å². The first-order chi connectivity index (χ1) is 18.2. The largest absolute Gasteiger partial charge is 0.493 e. The number of pyridine rings is 1. The summed E-state index contributed by atoms with van der Waals surface area (Å²) in [5.74, 6) is 1.68. The summed E-state index contributed by atoms with van der Waals surface area (Å²) in [5.41, 5.74) is 3.29. The van der Waals surface area contributed by atoms with Crippen molar-refractivity contribution >= 4 is 24.3 Å². The summed E-state index contributed by atoms with van der Waals surface area (Å²) < 4.78 is 49.4. The number of hydrogen-bond acceptors (Lipinski definition) is 8. The summed E-state index contributed by atoms with van der Waals surface area (Å²) in [5, 5.41) is 4.39. The van der Waals surface area contributed by atoms with Gasteiger partial charge in [-0.25, -0.2) is 5.09 Å². The van der Waals surface area contributed by atoms with E-state index in [1.807, 2.05) is 24.4 Å². The Morgan fingerprint density at radius 3 is 2.61 bits per heavy atom. The van der Waals surface area contributed by atoms with Gasteiger partial charge >= 0.3 is 13.5 Å². The molecule has 2 aliphatic rings. The maximum atomic E-state index is 13.9. The molecule has 0 fully saturated rings. The topological polar surface area (TPSA) is 105 Å². The predicted octanol–water partition coefficient (Wildman–Crippen LogP) is 4.19. The Bertz CT molecular complexity index is 1440. The van der Waals surface area contributed by atoms with Crippen LogP contribution in [-0.2, 0) is 31.8 Å². The second kappa shape index (κ2) is 10.4. The molecule has 2 aromatic carbocycles. The number of nitrogens with one attached hydrogen (secondary N) is 1. The fourth-order valence-electron chi connectivity index (χ4n) is 4.74.